The highest BCUT2D eigenvalue weighted by molar-refractivity contribution is 6.30. The summed E-state index contributed by atoms with van der Waals surface area (Å²) in [5.41, 5.74) is 1.56. The van der Waals surface area contributed by atoms with Gasteiger partial charge in [0.15, 0.2) is 0 Å². The lowest BCUT2D eigenvalue weighted by atomic mass is 10.00. The first-order chi connectivity index (χ1) is 8.24. The first-order valence-corrected chi connectivity index (χ1v) is 6.58. The molecule has 1 saturated carbocycles. The molecule has 0 amide bonds. The monoisotopic (exact) mass is 248 g/mol. The lowest BCUT2D eigenvalue weighted by Gasteiger charge is -2.21. The highest BCUT2D eigenvalue weighted by Gasteiger charge is 2.26. The molecule has 1 fully saturated rings. The number of halogens is 1. The van der Waals surface area contributed by atoms with E-state index in [9.17, 15) is 0 Å². The van der Waals surface area contributed by atoms with E-state index in [1.807, 2.05) is 6.07 Å². The van der Waals surface area contributed by atoms with Crippen molar-refractivity contribution in [2.75, 3.05) is 5.32 Å². The first kappa shape index (κ1) is 12.3. The van der Waals surface area contributed by atoms with Gasteiger partial charge in [-0.1, -0.05) is 31.4 Å². The van der Waals surface area contributed by atoms with Crippen molar-refractivity contribution in [1.29, 1.82) is 5.26 Å². The van der Waals surface area contributed by atoms with Crippen molar-refractivity contribution in [2.24, 2.45) is 5.92 Å². The van der Waals surface area contributed by atoms with Crippen molar-refractivity contribution < 1.29 is 0 Å². The van der Waals surface area contributed by atoms with Gasteiger partial charge in [-0.2, -0.15) is 5.26 Å². The summed E-state index contributed by atoms with van der Waals surface area (Å²) in [5.74, 6) is 0.723. The Bertz CT molecular complexity index is 436. The van der Waals surface area contributed by atoms with E-state index in [1.165, 1.54) is 25.7 Å². The maximum absolute atomic E-state index is 9.07. The van der Waals surface area contributed by atoms with Gasteiger partial charge in [0.2, 0.25) is 0 Å². The summed E-state index contributed by atoms with van der Waals surface area (Å²) < 4.78 is 0. The van der Waals surface area contributed by atoms with Gasteiger partial charge in [0.25, 0.3) is 0 Å². The average molecular weight is 249 g/mol. The standard InChI is InChI=1S/C14H17ClN2/c1-2-10-4-3-5-13(10)17-14-8-12(15)7-6-11(14)9-16/h6-8,10,13,17H,2-5H2,1H3. The van der Waals surface area contributed by atoms with Crippen molar-refractivity contribution in [3.05, 3.63) is 28.8 Å². The molecule has 0 radical (unpaired) electrons. The molecular formula is C14H17ClN2. The van der Waals surface area contributed by atoms with Gasteiger partial charge in [-0.05, 0) is 37.0 Å². The number of nitrogens with zero attached hydrogens (tertiary/aromatic N) is 1. The summed E-state index contributed by atoms with van der Waals surface area (Å²) in [6.45, 7) is 2.23. The Hall–Kier alpha value is -1.20. The molecule has 90 valence electrons. The Morgan fingerprint density at radius 1 is 1.47 bits per heavy atom. The van der Waals surface area contributed by atoms with Crippen molar-refractivity contribution in [3.63, 3.8) is 0 Å². The molecule has 0 aliphatic heterocycles. The number of rotatable bonds is 3. The minimum atomic E-state index is 0.491. The highest BCUT2D eigenvalue weighted by atomic mass is 35.5. The van der Waals surface area contributed by atoms with E-state index >= 15 is 0 Å². The Morgan fingerprint density at radius 3 is 3.00 bits per heavy atom. The van der Waals surface area contributed by atoms with Crippen LogP contribution in [0.4, 0.5) is 5.69 Å². The summed E-state index contributed by atoms with van der Waals surface area (Å²) in [5, 5.41) is 13.2. The minimum Gasteiger partial charge on any atom is -0.381 e. The van der Waals surface area contributed by atoms with Crippen LogP contribution >= 0.6 is 11.6 Å². The first-order valence-electron chi connectivity index (χ1n) is 6.20. The lowest BCUT2D eigenvalue weighted by molar-refractivity contribution is 0.489. The topological polar surface area (TPSA) is 35.8 Å². The Morgan fingerprint density at radius 2 is 2.29 bits per heavy atom. The van der Waals surface area contributed by atoms with Crippen LogP contribution in [0.3, 0.4) is 0 Å². The molecule has 1 aromatic carbocycles. The van der Waals surface area contributed by atoms with Crippen LogP contribution in [0.5, 0.6) is 0 Å². The average Bonchev–Trinajstić information content (AvgIpc) is 2.77. The second-order valence-corrected chi connectivity index (χ2v) is 5.09. The van der Waals surface area contributed by atoms with E-state index < -0.39 is 0 Å². The molecule has 0 heterocycles. The zero-order valence-electron chi connectivity index (χ0n) is 10.0. The maximum Gasteiger partial charge on any atom is 0.101 e. The van der Waals surface area contributed by atoms with Crippen LogP contribution in [-0.4, -0.2) is 6.04 Å². The van der Waals surface area contributed by atoms with E-state index in [1.54, 1.807) is 12.1 Å². The molecule has 0 saturated heterocycles. The third-order valence-corrected chi connectivity index (χ3v) is 3.86. The third kappa shape index (κ3) is 2.73. The van der Waals surface area contributed by atoms with Gasteiger partial charge in [-0.15, -0.1) is 0 Å². The zero-order valence-corrected chi connectivity index (χ0v) is 10.8. The molecule has 1 N–H and O–H groups in total. The second kappa shape index (κ2) is 5.42. The summed E-state index contributed by atoms with van der Waals surface area (Å²) >= 11 is 5.98. The van der Waals surface area contributed by atoms with E-state index in [-0.39, 0.29) is 0 Å². The molecule has 0 aromatic heterocycles. The van der Waals surface area contributed by atoms with Gasteiger partial charge >= 0.3 is 0 Å². The van der Waals surface area contributed by atoms with E-state index in [2.05, 4.69) is 18.3 Å². The van der Waals surface area contributed by atoms with Crippen LogP contribution in [0.1, 0.15) is 38.2 Å². The minimum absolute atomic E-state index is 0.491. The molecule has 2 unspecified atom stereocenters. The fourth-order valence-corrected chi connectivity index (χ4v) is 2.82. The van der Waals surface area contributed by atoms with Gasteiger partial charge in [0, 0.05) is 11.1 Å². The molecule has 1 aliphatic rings. The largest absolute Gasteiger partial charge is 0.381 e. The van der Waals surface area contributed by atoms with Crippen molar-refractivity contribution in [1.82, 2.24) is 0 Å². The molecule has 17 heavy (non-hydrogen) atoms. The van der Waals surface area contributed by atoms with Crippen LogP contribution in [0, 0.1) is 17.2 Å². The maximum atomic E-state index is 9.07. The van der Waals surface area contributed by atoms with Crippen LogP contribution in [0.25, 0.3) is 0 Å². The van der Waals surface area contributed by atoms with Gasteiger partial charge in [0.05, 0.1) is 11.3 Å². The summed E-state index contributed by atoms with van der Waals surface area (Å²) in [4.78, 5) is 0. The molecule has 0 spiro atoms. The molecule has 1 aromatic rings. The molecule has 3 heteroatoms. The highest BCUT2D eigenvalue weighted by Crippen LogP contribution is 2.32. The number of nitrogens with one attached hydrogen (secondary N) is 1. The van der Waals surface area contributed by atoms with Gasteiger partial charge in [-0.25, -0.2) is 0 Å². The second-order valence-electron chi connectivity index (χ2n) is 4.65. The number of nitriles is 1. The number of anilines is 1. The predicted molar refractivity (Wildman–Crippen MR) is 71.2 cm³/mol. The van der Waals surface area contributed by atoms with Crippen molar-refractivity contribution in [3.8, 4) is 6.07 Å². The van der Waals surface area contributed by atoms with Crippen molar-refractivity contribution in [2.45, 2.75) is 38.6 Å². The Balaban J connectivity index is 2.18. The van der Waals surface area contributed by atoms with Crippen LogP contribution in [0.2, 0.25) is 5.02 Å². The zero-order chi connectivity index (χ0) is 12.3. The molecule has 2 atom stereocenters. The van der Waals surface area contributed by atoms with Gasteiger partial charge in [-0.3, -0.25) is 0 Å². The molecular weight excluding hydrogens is 232 g/mol. The lowest BCUT2D eigenvalue weighted by Crippen LogP contribution is -2.23. The Kier molecular flexibility index (Phi) is 3.91. The fourth-order valence-electron chi connectivity index (χ4n) is 2.65. The number of hydrogen-bond acceptors (Lipinski definition) is 2. The normalized spacial score (nSPS) is 23.4. The summed E-state index contributed by atoms with van der Waals surface area (Å²) in [6, 6.07) is 8.09. The molecule has 2 nitrogen and oxygen atoms in total. The van der Waals surface area contributed by atoms with E-state index in [0.717, 1.165) is 11.6 Å². The Labute approximate surface area is 108 Å². The predicted octanol–water partition coefficient (Wildman–Crippen LogP) is 4.20. The van der Waals surface area contributed by atoms with Gasteiger partial charge < -0.3 is 5.32 Å². The van der Waals surface area contributed by atoms with Crippen LogP contribution in [0.15, 0.2) is 18.2 Å². The summed E-state index contributed by atoms with van der Waals surface area (Å²) in [6.07, 6.45) is 4.95. The van der Waals surface area contributed by atoms with E-state index in [4.69, 9.17) is 16.9 Å². The third-order valence-electron chi connectivity index (χ3n) is 3.63. The molecule has 2 rings (SSSR count). The van der Waals surface area contributed by atoms with E-state index in [0.29, 0.717) is 16.6 Å². The summed E-state index contributed by atoms with van der Waals surface area (Å²) in [7, 11) is 0. The SMILES string of the molecule is CCC1CCCC1Nc1cc(Cl)ccc1C#N. The molecule has 1 aliphatic carbocycles. The number of benzene rings is 1. The van der Waals surface area contributed by atoms with Gasteiger partial charge in [0.1, 0.15) is 6.07 Å². The fraction of sp³-hybridized carbons (Fsp3) is 0.500. The number of hydrogen-bond donors (Lipinski definition) is 1. The quantitative estimate of drug-likeness (QED) is 0.870. The smallest absolute Gasteiger partial charge is 0.101 e. The molecule has 0 bridgehead atoms. The van der Waals surface area contributed by atoms with Crippen LogP contribution < -0.4 is 5.32 Å². The van der Waals surface area contributed by atoms with Crippen LogP contribution in [-0.2, 0) is 0 Å². The van der Waals surface area contributed by atoms with Crippen molar-refractivity contribution >= 4 is 17.3 Å².